The molecule has 0 radical (unpaired) electrons. The number of nitrogens with zero attached hydrogens (tertiary/aromatic N) is 3. The van der Waals surface area contributed by atoms with Crippen LogP contribution in [0.2, 0.25) is 0 Å². The molecular formula is C13H26N4. The van der Waals surface area contributed by atoms with Gasteiger partial charge in [0, 0.05) is 19.3 Å². The van der Waals surface area contributed by atoms with Gasteiger partial charge in [0.2, 0.25) is 0 Å². The van der Waals surface area contributed by atoms with E-state index in [1.54, 1.807) is 0 Å². The lowest BCUT2D eigenvalue weighted by Crippen LogP contribution is -2.19. The van der Waals surface area contributed by atoms with Crippen LogP contribution in [0.25, 0.3) is 0 Å². The maximum Gasteiger partial charge on any atom is 0.0964 e. The van der Waals surface area contributed by atoms with Crippen molar-refractivity contribution in [2.24, 2.45) is 11.8 Å². The molecule has 0 aliphatic heterocycles. The smallest absolute Gasteiger partial charge is 0.0964 e. The third kappa shape index (κ3) is 6.41. The summed E-state index contributed by atoms with van der Waals surface area (Å²) in [7, 11) is 0. The highest BCUT2D eigenvalue weighted by Gasteiger charge is 2.01. The number of aryl methyl sites for hydroxylation is 1. The third-order valence-corrected chi connectivity index (χ3v) is 2.61. The van der Waals surface area contributed by atoms with E-state index < -0.39 is 0 Å². The number of hydrogen-bond donors (Lipinski definition) is 1. The lowest BCUT2D eigenvalue weighted by Gasteiger charge is -2.04. The molecule has 1 aromatic heterocycles. The molecule has 0 amide bonds. The summed E-state index contributed by atoms with van der Waals surface area (Å²) in [6.45, 7) is 11.7. The molecule has 0 aromatic carbocycles. The van der Waals surface area contributed by atoms with E-state index in [9.17, 15) is 0 Å². The molecule has 0 spiro atoms. The number of rotatable bonds is 8. The van der Waals surface area contributed by atoms with Crippen molar-refractivity contribution in [1.82, 2.24) is 20.3 Å². The molecule has 4 heteroatoms. The van der Waals surface area contributed by atoms with Gasteiger partial charge in [-0.25, -0.2) is 0 Å². The van der Waals surface area contributed by atoms with Gasteiger partial charge in [0.15, 0.2) is 0 Å². The summed E-state index contributed by atoms with van der Waals surface area (Å²) in [6, 6.07) is 0. The summed E-state index contributed by atoms with van der Waals surface area (Å²) in [5.74, 6) is 1.45. The highest BCUT2D eigenvalue weighted by molar-refractivity contribution is 4.91. The van der Waals surface area contributed by atoms with E-state index in [2.05, 4.69) is 43.3 Å². The lowest BCUT2D eigenvalue weighted by atomic mass is 10.1. The van der Waals surface area contributed by atoms with Gasteiger partial charge >= 0.3 is 0 Å². The van der Waals surface area contributed by atoms with Crippen LogP contribution in [0.1, 0.15) is 46.2 Å². The highest BCUT2D eigenvalue weighted by Crippen LogP contribution is 2.05. The fourth-order valence-electron chi connectivity index (χ4n) is 1.68. The minimum atomic E-state index is 0.677. The zero-order valence-electron chi connectivity index (χ0n) is 11.6. The van der Waals surface area contributed by atoms with Gasteiger partial charge < -0.3 is 5.32 Å². The molecule has 1 aromatic rings. The molecule has 0 atom stereocenters. The Balaban J connectivity index is 2.23. The lowest BCUT2D eigenvalue weighted by molar-refractivity contribution is 0.482. The van der Waals surface area contributed by atoms with Crippen LogP contribution in [0, 0.1) is 11.8 Å². The average Bonchev–Trinajstić information content (AvgIpc) is 2.65. The molecular weight excluding hydrogens is 212 g/mol. The first-order valence-electron chi connectivity index (χ1n) is 6.67. The van der Waals surface area contributed by atoms with Crippen LogP contribution in [0.5, 0.6) is 0 Å². The van der Waals surface area contributed by atoms with Gasteiger partial charge in [-0.05, 0) is 31.2 Å². The first kappa shape index (κ1) is 14.2. The summed E-state index contributed by atoms with van der Waals surface area (Å²) >= 11 is 0. The van der Waals surface area contributed by atoms with Crippen LogP contribution in [0.3, 0.4) is 0 Å². The van der Waals surface area contributed by atoms with Gasteiger partial charge in [-0.2, -0.15) is 0 Å². The average molecular weight is 238 g/mol. The van der Waals surface area contributed by atoms with Crippen molar-refractivity contribution in [3.63, 3.8) is 0 Å². The summed E-state index contributed by atoms with van der Waals surface area (Å²) in [5, 5.41) is 11.7. The summed E-state index contributed by atoms with van der Waals surface area (Å²) < 4.78 is 1.95. The molecule has 17 heavy (non-hydrogen) atoms. The van der Waals surface area contributed by atoms with Crippen LogP contribution < -0.4 is 5.32 Å². The standard InChI is InChI=1S/C13H26N4/c1-11(2)6-5-7-17-10-13(15-16-17)9-14-8-12(3)4/h10-12,14H,5-9H2,1-4H3. The van der Waals surface area contributed by atoms with Gasteiger partial charge in [0.25, 0.3) is 0 Å². The fourth-order valence-corrected chi connectivity index (χ4v) is 1.68. The van der Waals surface area contributed by atoms with Crippen LogP contribution in [-0.2, 0) is 13.1 Å². The summed E-state index contributed by atoms with van der Waals surface area (Å²) in [4.78, 5) is 0. The zero-order valence-corrected chi connectivity index (χ0v) is 11.6. The third-order valence-electron chi connectivity index (χ3n) is 2.61. The minimum absolute atomic E-state index is 0.677. The van der Waals surface area contributed by atoms with Crippen molar-refractivity contribution in [3.8, 4) is 0 Å². The summed E-state index contributed by atoms with van der Waals surface area (Å²) in [5.41, 5.74) is 1.04. The van der Waals surface area contributed by atoms with E-state index in [1.165, 1.54) is 12.8 Å². The van der Waals surface area contributed by atoms with Crippen LogP contribution in [0.15, 0.2) is 6.20 Å². The molecule has 0 unspecified atom stereocenters. The van der Waals surface area contributed by atoms with E-state index in [0.29, 0.717) is 5.92 Å². The Hall–Kier alpha value is -0.900. The largest absolute Gasteiger partial charge is 0.311 e. The van der Waals surface area contributed by atoms with E-state index in [4.69, 9.17) is 0 Å². The Kier molecular flexibility index (Phi) is 6.19. The number of aromatic nitrogens is 3. The van der Waals surface area contributed by atoms with Crippen LogP contribution in [0.4, 0.5) is 0 Å². The molecule has 0 aliphatic rings. The summed E-state index contributed by atoms with van der Waals surface area (Å²) in [6.07, 6.45) is 4.48. The molecule has 4 nitrogen and oxygen atoms in total. The molecule has 1 rings (SSSR count). The molecule has 0 saturated heterocycles. The van der Waals surface area contributed by atoms with Gasteiger partial charge in [0.1, 0.15) is 0 Å². The van der Waals surface area contributed by atoms with Crippen LogP contribution in [-0.4, -0.2) is 21.5 Å². The monoisotopic (exact) mass is 238 g/mol. The molecule has 0 aliphatic carbocycles. The Bertz CT molecular complexity index is 276. The Labute approximate surface area is 105 Å². The second-order valence-corrected chi connectivity index (χ2v) is 5.53. The fraction of sp³-hybridized carbons (Fsp3) is 0.846. The van der Waals surface area contributed by atoms with Gasteiger partial charge in [0.05, 0.1) is 5.69 Å². The van der Waals surface area contributed by atoms with E-state index in [0.717, 1.165) is 31.2 Å². The quantitative estimate of drug-likeness (QED) is 0.756. The van der Waals surface area contributed by atoms with Crippen molar-refractivity contribution in [2.45, 2.75) is 53.6 Å². The van der Waals surface area contributed by atoms with Crippen molar-refractivity contribution in [2.75, 3.05) is 6.54 Å². The Morgan fingerprint density at radius 2 is 2.00 bits per heavy atom. The zero-order chi connectivity index (χ0) is 12.7. The van der Waals surface area contributed by atoms with E-state index in [-0.39, 0.29) is 0 Å². The van der Waals surface area contributed by atoms with Gasteiger partial charge in [-0.3, -0.25) is 4.68 Å². The first-order chi connectivity index (χ1) is 8.08. The minimum Gasteiger partial charge on any atom is -0.311 e. The molecule has 1 heterocycles. The number of nitrogens with one attached hydrogen (secondary N) is 1. The SMILES string of the molecule is CC(C)CCCn1cc(CNCC(C)C)nn1. The predicted molar refractivity (Wildman–Crippen MR) is 70.6 cm³/mol. The van der Waals surface area contributed by atoms with Gasteiger partial charge in [-0.1, -0.05) is 32.9 Å². The van der Waals surface area contributed by atoms with E-state index in [1.807, 2.05) is 10.9 Å². The molecule has 0 bridgehead atoms. The highest BCUT2D eigenvalue weighted by atomic mass is 15.4. The molecule has 98 valence electrons. The maximum absolute atomic E-state index is 4.16. The van der Waals surface area contributed by atoms with Crippen molar-refractivity contribution >= 4 is 0 Å². The van der Waals surface area contributed by atoms with Gasteiger partial charge in [-0.15, -0.1) is 5.10 Å². The van der Waals surface area contributed by atoms with Crippen molar-refractivity contribution in [1.29, 1.82) is 0 Å². The van der Waals surface area contributed by atoms with Crippen molar-refractivity contribution < 1.29 is 0 Å². The maximum atomic E-state index is 4.16. The predicted octanol–water partition coefficient (Wildman–Crippen LogP) is 2.46. The molecule has 0 saturated carbocycles. The van der Waals surface area contributed by atoms with Crippen LogP contribution >= 0.6 is 0 Å². The first-order valence-corrected chi connectivity index (χ1v) is 6.67. The van der Waals surface area contributed by atoms with E-state index >= 15 is 0 Å². The normalized spacial score (nSPS) is 11.6. The molecule has 1 N–H and O–H groups in total. The van der Waals surface area contributed by atoms with Crippen molar-refractivity contribution in [3.05, 3.63) is 11.9 Å². The Morgan fingerprint density at radius 1 is 1.24 bits per heavy atom. The number of hydrogen-bond acceptors (Lipinski definition) is 3. The second kappa shape index (κ2) is 7.43. The second-order valence-electron chi connectivity index (χ2n) is 5.53. The topological polar surface area (TPSA) is 42.7 Å². The Morgan fingerprint density at radius 3 is 2.65 bits per heavy atom. The molecule has 0 fully saturated rings.